The van der Waals surface area contributed by atoms with Gasteiger partial charge in [-0.2, -0.15) is 0 Å². The van der Waals surface area contributed by atoms with Crippen LogP contribution >= 0.6 is 0 Å². The highest BCUT2D eigenvalue weighted by molar-refractivity contribution is 6.02. The summed E-state index contributed by atoms with van der Waals surface area (Å²) in [7, 11) is 0. The molecule has 2 rings (SSSR count). The Balaban J connectivity index is 2.40. The van der Waals surface area contributed by atoms with E-state index in [1.54, 1.807) is 0 Å². The van der Waals surface area contributed by atoms with Gasteiger partial charge in [0.2, 0.25) is 0 Å². The lowest BCUT2D eigenvalue weighted by atomic mass is 9.98. The minimum atomic E-state index is -0.586. The number of aromatic nitrogens is 1. The minimum absolute atomic E-state index is 0.0718. The van der Waals surface area contributed by atoms with E-state index < -0.39 is 4.92 Å². The molecule has 0 aromatic carbocycles. The third-order valence-corrected chi connectivity index (χ3v) is 3.52. The van der Waals surface area contributed by atoms with E-state index in [2.05, 4.69) is 10.1 Å². The normalized spacial score (nSPS) is 19.6. The molecule has 0 aliphatic carbocycles. The van der Waals surface area contributed by atoms with Crippen molar-refractivity contribution >= 4 is 17.3 Å². The molecule has 4 N–H and O–H groups in total. The summed E-state index contributed by atoms with van der Waals surface area (Å²) in [5.74, 6) is 0.317. The number of hydrogen-bond donors (Lipinski definition) is 3. The van der Waals surface area contributed by atoms with Crippen LogP contribution in [0.15, 0.2) is 17.4 Å². The van der Waals surface area contributed by atoms with Gasteiger partial charge in [0, 0.05) is 25.8 Å². The van der Waals surface area contributed by atoms with Crippen LogP contribution in [0.5, 0.6) is 0 Å². The molecule has 1 atom stereocenters. The Bertz CT molecular complexity index is 563. The highest BCUT2D eigenvalue weighted by Gasteiger charge is 2.25. The average molecular weight is 295 g/mol. The molecule has 0 radical (unpaired) electrons. The van der Waals surface area contributed by atoms with Crippen LogP contribution in [-0.2, 0) is 0 Å². The molecule has 21 heavy (non-hydrogen) atoms. The quantitative estimate of drug-likeness (QED) is 0.238. The summed E-state index contributed by atoms with van der Waals surface area (Å²) in [5, 5.41) is 31.9. The maximum Gasteiger partial charge on any atom is 0.288 e. The topological polar surface area (TPSA) is 138 Å². The molecule has 1 saturated heterocycles. The maximum atomic E-state index is 10.8. The molecule has 9 nitrogen and oxygen atoms in total. The van der Waals surface area contributed by atoms with Crippen LogP contribution in [0.2, 0.25) is 0 Å². The van der Waals surface area contributed by atoms with Crippen LogP contribution < -0.4 is 10.6 Å². The molecule has 1 aromatic rings. The molecule has 1 fully saturated rings. The standard InChI is InChI=1S/C12H17N5O4/c13-11(15-19)10-4-9(17(20)21)5-14-12(10)16-3-1-2-8(6-16)7-18/h4-5,8,18-19H,1-3,6-7H2,(H2,13,15). The zero-order valence-electron chi connectivity index (χ0n) is 11.3. The van der Waals surface area contributed by atoms with E-state index in [0.717, 1.165) is 19.0 Å². The predicted molar refractivity (Wildman–Crippen MR) is 75.4 cm³/mol. The second-order valence-electron chi connectivity index (χ2n) is 4.94. The minimum Gasteiger partial charge on any atom is -0.409 e. The molecule has 2 heterocycles. The van der Waals surface area contributed by atoms with Gasteiger partial charge in [-0.05, 0) is 18.8 Å². The number of anilines is 1. The highest BCUT2D eigenvalue weighted by atomic mass is 16.6. The van der Waals surface area contributed by atoms with E-state index >= 15 is 0 Å². The molecule has 1 aromatic heterocycles. The number of nitrogens with two attached hydrogens (primary N) is 1. The first-order chi connectivity index (χ1) is 10.1. The number of amidine groups is 1. The Labute approximate surface area is 120 Å². The molecule has 1 aliphatic heterocycles. The van der Waals surface area contributed by atoms with Crippen molar-refractivity contribution in [2.75, 3.05) is 24.6 Å². The second kappa shape index (κ2) is 6.35. The van der Waals surface area contributed by atoms with Crippen molar-refractivity contribution in [3.05, 3.63) is 27.9 Å². The van der Waals surface area contributed by atoms with Crippen LogP contribution in [0.3, 0.4) is 0 Å². The fourth-order valence-corrected chi connectivity index (χ4v) is 2.45. The van der Waals surface area contributed by atoms with Crippen molar-refractivity contribution in [1.82, 2.24) is 4.98 Å². The SMILES string of the molecule is NC(=NO)c1cc([N+](=O)[O-])cnc1N1CCCC(CO)C1. The predicted octanol–water partition coefficient (Wildman–Crippen LogP) is 0.293. The lowest BCUT2D eigenvalue weighted by molar-refractivity contribution is -0.385. The van der Waals surface area contributed by atoms with E-state index in [0.29, 0.717) is 18.9 Å². The van der Waals surface area contributed by atoms with Crippen molar-refractivity contribution in [3.63, 3.8) is 0 Å². The smallest absolute Gasteiger partial charge is 0.288 e. The molecule has 0 saturated carbocycles. The van der Waals surface area contributed by atoms with E-state index in [1.165, 1.54) is 6.07 Å². The Hall–Kier alpha value is -2.42. The molecule has 0 bridgehead atoms. The second-order valence-corrected chi connectivity index (χ2v) is 4.94. The van der Waals surface area contributed by atoms with Crippen LogP contribution in [0.1, 0.15) is 18.4 Å². The Morgan fingerprint density at radius 1 is 1.67 bits per heavy atom. The summed E-state index contributed by atoms with van der Waals surface area (Å²) in [6.45, 7) is 1.35. The average Bonchev–Trinajstić information content (AvgIpc) is 2.53. The van der Waals surface area contributed by atoms with Crippen molar-refractivity contribution in [2.45, 2.75) is 12.8 Å². The molecular weight excluding hydrogens is 278 g/mol. The van der Waals surface area contributed by atoms with Gasteiger partial charge in [0.05, 0.1) is 10.5 Å². The summed E-state index contributed by atoms with van der Waals surface area (Å²) >= 11 is 0. The van der Waals surface area contributed by atoms with E-state index in [4.69, 9.17) is 10.9 Å². The van der Waals surface area contributed by atoms with Crippen LogP contribution in [-0.4, -0.2) is 45.8 Å². The van der Waals surface area contributed by atoms with E-state index in [9.17, 15) is 15.2 Å². The summed E-state index contributed by atoms with van der Waals surface area (Å²) in [5.41, 5.74) is 5.59. The van der Waals surface area contributed by atoms with Gasteiger partial charge in [-0.25, -0.2) is 4.98 Å². The zero-order valence-corrected chi connectivity index (χ0v) is 11.3. The summed E-state index contributed by atoms with van der Waals surface area (Å²) in [6.07, 6.45) is 2.93. The number of rotatable bonds is 4. The number of hydrogen-bond acceptors (Lipinski definition) is 7. The zero-order chi connectivity index (χ0) is 15.4. The van der Waals surface area contributed by atoms with Gasteiger partial charge in [-0.3, -0.25) is 10.1 Å². The van der Waals surface area contributed by atoms with E-state index in [1.807, 2.05) is 4.90 Å². The van der Waals surface area contributed by atoms with Gasteiger partial charge in [-0.1, -0.05) is 5.16 Å². The van der Waals surface area contributed by atoms with Crippen LogP contribution in [0.25, 0.3) is 0 Å². The van der Waals surface area contributed by atoms with Crippen LogP contribution in [0, 0.1) is 16.0 Å². The first-order valence-corrected chi connectivity index (χ1v) is 6.55. The van der Waals surface area contributed by atoms with Gasteiger partial charge in [0.15, 0.2) is 5.84 Å². The number of piperidine rings is 1. The number of nitro groups is 1. The largest absolute Gasteiger partial charge is 0.409 e. The van der Waals surface area contributed by atoms with Crippen LogP contribution in [0.4, 0.5) is 11.5 Å². The lowest BCUT2D eigenvalue weighted by Crippen LogP contribution is -2.38. The molecule has 114 valence electrons. The maximum absolute atomic E-state index is 10.8. The summed E-state index contributed by atoms with van der Waals surface area (Å²) in [4.78, 5) is 16.2. The summed E-state index contributed by atoms with van der Waals surface area (Å²) in [6, 6.07) is 1.24. The molecule has 9 heteroatoms. The number of aliphatic hydroxyl groups excluding tert-OH is 1. The third kappa shape index (κ3) is 3.19. The molecule has 0 amide bonds. The molecular formula is C12H17N5O4. The summed E-state index contributed by atoms with van der Waals surface area (Å²) < 4.78 is 0. The van der Waals surface area contributed by atoms with Gasteiger partial charge >= 0.3 is 0 Å². The number of oxime groups is 1. The highest BCUT2D eigenvalue weighted by Crippen LogP contribution is 2.26. The Morgan fingerprint density at radius 2 is 2.43 bits per heavy atom. The van der Waals surface area contributed by atoms with E-state index in [-0.39, 0.29) is 29.6 Å². The Morgan fingerprint density at radius 3 is 3.05 bits per heavy atom. The fourth-order valence-electron chi connectivity index (χ4n) is 2.45. The van der Waals surface area contributed by atoms with Gasteiger partial charge < -0.3 is 20.9 Å². The van der Waals surface area contributed by atoms with Crippen molar-refractivity contribution in [2.24, 2.45) is 16.8 Å². The van der Waals surface area contributed by atoms with Crippen molar-refractivity contribution in [3.8, 4) is 0 Å². The van der Waals surface area contributed by atoms with Crippen molar-refractivity contribution < 1.29 is 15.2 Å². The number of nitrogens with zero attached hydrogens (tertiary/aromatic N) is 4. The Kier molecular flexibility index (Phi) is 4.53. The number of pyridine rings is 1. The van der Waals surface area contributed by atoms with Gasteiger partial charge in [0.1, 0.15) is 12.0 Å². The molecule has 0 spiro atoms. The molecule has 1 aliphatic rings. The molecule has 1 unspecified atom stereocenters. The van der Waals surface area contributed by atoms with Gasteiger partial charge in [-0.15, -0.1) is 0 Å². The lowest BCUT2D eigenvalue weighted by Gasteiger charge is -2.33. The first kappa shape index (κ1) is 15.0. The number of aliphatic hydroxyl groups is 1. The fraction of sp³-hybridized carbons (Fsp3) is 0.500. The van der Waals surface area contributed by atoms with Crippen molar-refractivity contribution in [1.29, 1.82) is 0 Å². The third-order valence-electron chi connectivity index (χ3n) is 3.52. The van der Waals surface area contributed by atoms with Gasteiger partial charge in [0.25, 0.3) is 5.69 Å². The monoisotopic (exact) mass is 295 g/mol. The first-order valence-electron chi connectivity index (χ1n) is 6.55.